The van der Waals surface area contributed by atoms with Gasteiger partial charge in [0, 0.05) is 6.07 Å². The molecule has 0 heterocycles. The molecule has 1 atom stereocenters. The van der Waals surface area contributed by atoms with E-state index < -0.39 is 0 Å². The second-order valence-corrected chi connectivity index (χ2v) is 4.01. The Balaban J connectivity index is 2.68. The topological polar surface area (TPSA) is 64.7 Å². The molecule has 4 heteroatoms. The molecule has 0 spiro atoms. The first-order valence-electron chi connectivity index (χ1n) is 5.79. The normalized spacial score (nSPS) is 12.2. The molecule has 0 aliphatic carbocycles. The lowest BCUT2D eigenvalue weighted by Gasteiger charge is -2.12. The lowest BCUT2D eigenvalue weighted by atomic mass is 10.0. The smallest absolute Gasteiger partial charge is 0.122 e. The van der Waals surface area contributed by atoms with Crippen molar-refractivity contribution in [2.24, 2.45) is 5.73 Å². The minimum atomic E-state index is -0.365. The van der Waals surface area contributed by atoms with Gasteiger partial charge in [-0.3, -0.25) is 0 Å². The van der Waals surface area contributed by atoms with Gasteiger partial charge in [0.15, 0.2) is 0 Å². The van der Waals surface area contributed by atoms with Gasteiger partial charge in [0.05, 0.1) is 20.3 Å². The Morgan fingerprint density at radius 2 is 1.76 bits per heavy atom. The Bertz CT molecular complexity index is 319. The second kappa shape index (κ2) is 7.14. The van der Waals surface area contributed by atoms with Crippen LogP contribution < -0.4 is 15.2 Å². The lowest BCUT2D eigenvalue weighted by molar-refractivity contribution is 0.162. The van der Waals surface area contributed by atoms with Crippen LogP contribution in [0.3, 0.4) is 0 Å². The molecule has 1 aromatic carbocycles. The quantitative estimate of drug-likeness (QED) is 0.753. The fourth-order valence-corrected chi connectivity index (χ4v) is 1.71. The second-order valence-electron chi connectivity index (χ2n) is 4.01. The summed E-state index contributed by atoms with van der Waals surface area (Å²) in [6.07, 6.45) is 1.78. The highest BCUT2D eigenvalue weighted by atomic mass is 16.5. The fourth-order valence-electron chi connectivity index (χ4n) is 1.71. The van der Waals surface area contributed by atoms with Gasteiger partial charge in [0.1, 0.15) is 11.5 Å². The zero-order valence-electron chi connectivity index (χ0n) is 10.5. The van der Waals surface area contributed by atoms with E-state index >= 15 is 0 Å². The molecule has 0 aromatic heterocycles. The van der Waals surface area contributed by atoms with Gasteiger partial charge in [0.2, 0.25) is 0 Å². The van der Waals surface area contributed by atoms with Gasteiger partial charge >= 0.3 is 0 Å². The Morgan fingerprint density at radius 1 is 1.18 bits per heavy atom. The molecule has 1 aromatic rings. The average molecular weight is 239 g/mol. The van der Waals surface area contributed by atoms with Crippen molar-refractivity contribution in [3.8, 4) is 11.5 Å². The van der Waals surface area contributed by atoms with E-state index in [1.165, 1.54) is 0 Å². The summed E-state index contributed by atoms with van der Waals surface area (Å²) >= 11 is 0. The minimum Gasteiger partial charge on any atom is -0.497 e. The van der Waals surface area contributed by atoms with Crippen LogP contribution in [0.5, 0.6) is 11.5 Å². The summed E-state index contributed by atoms with van der Waals surface area (Å²) in [6.45, 7) is 0.610. The van der Waals surface area contributed by atoms with E-state index in [0.29, 0.717) is 13.0 Å². The number of hydrogen-bond donors (Lipinski definition) is 2. The monoisotopic (exact) mass is 239 g/mol. The summed E-state index contributed by atoms with van der Waals surface area (Å²) in [7, 11) is 3.23. The largest absolute Gasteiger partial charge is 0.497 e. The van der Waals surface area contributed by atoms with Crippen LogP contribution in [-0.2, 0) is 6.42 Å². The number of rotatable bonds is 7. The minimum absolute atomic E-state index is 0.365. The molecule has 1 unspecified atom stereocenters. The Morgan fingerprint density at radius 3 is 2.24 bits per heavy atom. The molecule has 0 bridgehead atoms. The number of hydrogen-bond acceptors (Lipinski definition) is 4. The Hall–Kier alpha value is -1.26. The van der Waals surface area contributed by atoms with Gasteiger partial charge in [-0.05, 0) is 43.5 Å². The summed E-state index contributed by atoms with van der Waals surface area (Å²) in [4.78, 5) is 0. The average Bonchev–Trinajstić information content (AvgIpc) is 2.35. The van der Waals surface area contributed by atoms with Gasteiger partial charge in [-0.25, -0.2) is 0 Å². The van der Waals surface area contributed by atoms with Gasteiger partial charge in [-0.15, -0.1) is 0 Å². The first-order chi connectivity index (χ1) is 8.19. The zero-order valence-corrected chi connectivity index (χ0v) is 10.5. The van der Waals surface area contributed by atoms with Crippen molar-refractivity contribution in [3.05, 3.63) is 23.8 Å². The van der Waals surface area contributed by atoms with Crippen LogP contribution in [0.25, 0.3) is 0 Å². The summed E-state index contributed by atoms with van der Waals surface area (Å²) in [6, 6.07) is 5.64. The van der Waals surface area contributed by atoms with E-state index in [9.17, 15) is 5.11 Å². The van der Waals surface area contributed by atoms with Gasteiger partial charge in [0.25, 0.3) is 0 Å². The van der Waals surface area contributed by atoms with Crippen LogP contribution in [0, 0.1) is 0 Å². The van der Waals surface area contributed by atoms with E-state index in [1.807, 2.05) is 18.2 Å². The SMILES string of the molecule is COc1cc(CC(O)CCCN)cc(OC)c1. The number of aliphatic hydroxyl groups excluding tert-OH is 1. The van der Waals surface area contributed by atoms with Crippen molar-refractivity contribution in [1.29, 1.82) is 0 Å². The van der Waals surface area contributed by atoms with Crippen molar-refractivity contribution in [2.45, 2.75) is 25.4 Å². The van der Waals surface area contributed by atoms with E-state index in [-0.39, 0.29) is 6.10 Å². The van der Waals surface area contributed by atoms with Gasteiger partial charge in [-0.1, -0.05) is 0 Å². The third kappa shape index (κ3) is 4.63. The van der Waals surface area contributed by atoms with E-state index in [4.69, 9.17) is 15.2 Å². The number of benzene rings is 1. The molecule has 17 heavy (non-hydrogen) atoms. The maximum atomic E-state index is 9.82. The van der Waals surface area contributed by atoms with Crippen LogP contribution >= 0.6 is 0 Å². The number of aliphatic hydroxyl groups is 1. The Kier molecular flexibility index (Phi) is 5.80. The molecule has 0 saturated heterocycles. The molecule has 1 rings (SSSR count). The summed E-state index contributed by atoms with van der Waals surface area (Å²) < 4.78 is 10.4. The van der Waals surface area contributed by atoms with Crippen LogP contribution in [0.15, 0.2) is 18.2 Å². The standard InChI is InChI=1S/C13H21NO3/c1-16-12-7-10(8-13(9-12)17-2)6-11(15)4-3-5-14/h7-9,11,15H,3-6,14H2,1-2H3. The van der Waals surface area contributed by atoms with Crippen molar-refractivity contribution >= 4 is 0 Å². The van der Waals surface area contributed by atoms with Crippen molar-refractivity contribution in [2.75, 3.05) is 20.8 Å². The molecule has 0 saturated carbocycles. The highest BCUT2D eigenvalue weighted by Gasteiger charge is 2.08. The van der Waals surface area contributed by atoms with Gasteiger partial charge < -0.3 is 20.3 Å². The summed E-state index contributed by atoms with van der Waals surface area (Å²) in [5.41, 5.74) is 6.42. The first kappa shape index (κ1) is 13.8. The molecule has 3 N–H and O–H groups in total. The van der Waals surface area contributed by atoms with Crippen LogP contribution in [0.4, 0.5) is 0 Å². The molecule has 0 aliphatic heterocycles. The fraction of sp³-hybridized carbons (Fsp3) is 0.538. The summed E-state index contributed by atoms with van der Waals surface area (Å²) in [5.74, 6) is 1.48. The number of ether oxygens (including phenoxy) is 2. The molecule has 4 nitrogen and oxygen atoms in total. The third-order valence-electron chi connectivity index (χ3n) is 2.62. The number of nitrogens with two attached hydrogens (primary N) is 1. The molecule has 96 valence electrons. The van der Waals surface area contributed by atoms with Gasteiger partial charge in [-0.2, -0.15) is 0 Å². The lowest BCUT2D eigenvalue weighted by Crippen LogP contribution is -2.13. The zero-order chi connectivity index (χ0) is 12.7. The molecule has 0 radical (unpaired) electrons. The van der Waals surface area contributed by atoms with E-state index in [1.54, 1.807) is 14.2 Å². The molecule has 0 aliphatic rings. The van der Waals surface area contributed by atoms with E-state index in [2.05, 4.69) is 0 Å². The molecule has 0 fully saturated rings. The van der Waals surface area contributed by atoms with Crippen molar-refractivity contribution in [1.82, 2.24) is 0 Å². The highest BCUT2D eigenvalue weighted by Crippen LogP contribution is 2.23. The third-order valence-corrected chi connectivity index (χ3v) is 2.62. The Labute approximate surface area is 102 Å². The van der Waals surface area contributed by atoms with Crippen LogP contribution in [-0.4, -0.2) is 32.0 Å². The predicted molar refractivity (Wildman–Crippen MR) is 67.5 cm³/mol. The molecular weight excluding hydrogens is 218 g/mol. The maximum absolute atomic E-state index is 9.82. The van der Waals surface area contributed by atoms with Crippen LogP contribution in [0.1, 0.15) is 18.4 Å². The highest BCUT2D eigenvalue weighted by molar-refractivity contribution is 5.38. The summed E-state index contributed by atoms with van der Waals surface area (Å²) in [5, 5.41) is 9.82. The maximum Gasteiger partial charge on any atom is 0.122 e. The van der Waals surface area contributed by atoms with Crippen LogP contribution in [0.2, 0.25) is 0 Å². The first-order valence-corrected chi connectivity index (χ1v) is 5.79. The van der Waals surface area contributed by atoms with Crippen molar-refractivity contribution < 1.29 is 14.6 Å². The molecular formula is C13H21NO3. The number of methoxy groups -OCH3 is 2. The molecule has 0 amide bonds. The van der Waals surface area contributed by atoms with Crippen molar-refractivity contribution in [3.63, 3.8) is 0 Å². The van der Waals surface area contributed by atoms with E-state index in [0.717, 1.165) is 29.9 Å². The predicted octanol–water partition coefficient (Wildman–Crippen LogP) is 1.35.